The number of carbonyl (C=O) groups excluding carboxylic acids is 1. The number of aromatic nitrogens is 1. The van der Waals surface area contributed by atoms with E-state index in [2.05, 4.69) is 25.7 Å². The van der Waals surface area contributed by atoms with E-state index in [1.165, 1.54) is 0 Å². The third-order valence-electron chi connectivity index (χ3n) is 6.74. The topological polar surface area (TPSA) is 88.2 Å². The van der Waals surface area contributed by atoms with E-state index < -0.39 is 5.82 Å². The first-order valence-electron chi connectivity index (χ1n) is 13.0. The molecule has 4 rings (SSSR count). The molecule has 38 heavy (non-hydrogen) atoms. The summed E-state index contributed by atoms with van der Waals surface area (Å²) < 4.78 is 39.6. The average Bonchev–Trinajstić information content (AvgIpc) is 3.20. The van der Waals surface area contributed by atoms with Gasteiger partial charge in [-0.05, 0) is 37.5 Å². The number of benzene rings is 2. The highest BCUT2D eigenvalue weighted by Crippen LogP contribution is 2.42. The van der Waals surface area contributed by atoms with Crippen molar-refractivity contribution in [2.24, 2.45) is 0 Å². The summed E-state index contributed by atoms with van der Waals surface area (Å²) in [6.07, 6.45) is 1.68. The number of morpholine rings is 1. The van der Waals surface area contributed by atoms with Crippen LogP contribution < -0.4 is 24.8 Å². The second-order valence-electron chi connectivity index (χ2n) is 10.3. The van der Waals surface area contributed by atoms with Crippen molar-refractivity contribution in [2.75, 3.05) is 57.3 Å². The third kappa shape index (κ3) is 5.25. The number of hydrogen-bond donors (Lipinski definition) is 1. The maximum Gasteiger partial charge on any atom is 0.197 e. The molecule has 0 radical (unpaired) electrons. The Morgan fingerprint density at radius 2 is 1.76 bits per heavy atom. The highest BCUT2D eigenvalue weighted by Gasteiger charge is 2.28. The zero-order valence-corrected chi connectivity index (χ0v) is 23.2. The monoisotopic (exact) mass is 527 g/mol. The zero-order valence-electron chi connectivity index (χ0n) is 23.2. The molecule has 206 valence electrons. The molecule has 1 fully saturated rings. The maximum absolute atomic E-state index is 15.5. The van der Waals surface area contributed by atoms with Crippen LogP contribution in [0.15, 0.2) is 24.4 Å². The molecule has 0 bridgehead atoms. The van der Waals surface area contributed by atoms with Crippen LogP contribution >= 0.6 is 0 Å². The maximum atomic E-state index is 15.5. The number of nitrogen functional groups attached to an aromatic ring is 1. The first kappa shape index (κ1) is 27.6. The van der Waals surface area contributed by atoms with E-state index in [4.69, 9.17) is 24.7 Å². The summed E-state index contributed by atoms with van der Waals surface area (Å²) in [6, 6.07) is 5.47. The summed E-state index contributed by atoms with van der Waals surface area (Å²) in [6.45, 7) is 13.1. The van der Waals surface area contributed by atoms with Crippen LogP contribution in [0.25, 0.3) is 10.8 Å². The van der Waals surface area contributed by atoms with Crippen LogP contribution in [0.1, 0.15) is 50.5 Å². The number of nitrogens with two attached hydrogens (primary N) is 1. The van der Waals surface area contributed by atoms with Crippen molar-refractivity contribution in [3.05, 3.63) is 41.3 Å². The lowest BCUT2D eigenvalue weighted by atomic mass is 9.84. The van der Waals surface area contributed by atoms with Gasteiger partial charge in [0.1, 0.15) is 11.6 Å². The van der Waals surface area contributed by atoms with E-state index >= 15 is 4.39 Å². The van der Waals surface area contributed by atoms with Crippen LogP contribution in [0, 0.1) is 5.82 Å². The molecule has 2 aromatic carbocycles. The van der Waals surface area contributed by atoms with E-state index in [0.717, 1.165) is 17.0 Å². The Bertz CT molecular complexity index is 1320. The molecule has 8 nitrogen and oxygen atoms in total. The predicted octanol–water partition coefficient (Wildman–Crippen LogP) is 5.19. The van der Waals surface area contributed by atoms with Crippen LogP contribution in [0.3, 0.4) is 0 Å². The number of Topliss-reactive ketones (excluding diaryl/α,β-unsaturated/α-hetero) is 1. The number of ketones is 1. The number of halogens is 1. The summed E-state index contributed by atoms with van der Waals surface area (Å²) in [4.78, 5) is 15.9. The van der Waals surface area contributed by atoms with Crippen LogP contribution in [-0.2, 0) is 16.7 Å². The Morgan fingerprint density at radius 1 is 1.08 bits per heavy atom. The Hall–Kier alpha value is -3.46. The van der Waals surface area contributed by atoms with E-state index in [1.807, 2.05) is 19.1 Å². The Balaban J connectivity index is 1.77. The fraction of sp³-hybridized carbons (Fsp3) is 0.483. The van der Waals surface area contributed by atoms with Gasteiger partial charge in [-0.15, -0.1) is 0 Å². The molecule has 2 heterocycles. The lowest BCUT2D eigenvalue weighted by Gasteiger charge is -2.33. The number of ether oxygens (including phenoxy) is 4. The minimum absolute atomic E-state index is 0.0257. The van der Waals surface area contributed by atoms with Gasteiger partial charge in [0.25, 0.3) is 0 Å². The van der Waals surface area contributed by atoms with Crippen molar-refractivity contribution >= 4 is 28.1 Å². The summed E-state index contributed by atoms with van der Waals surface area (Å²) in [5.74, 6) is 0.519. The van der Waals surface area contributed by atoms with Gasteiger partial charge in [-0.25, -0.2) is 4.39 Å². The minimum Gasteiger partial charge on any atom is -0.494 e. The van der Waals surface area contributed by atoms with Gasteiger partial charge in [-0.2, -0.15) is 0 Å². The van der Waals surface area contributed by atoms with Crippen molar-refractivity contribution in [2.45, 2.75) is 46.6 Å². The summed E-state index contributed by atoms with van der Waals surface area (Å²) in [5, 5.41) is 0.752. The molecule has 0 unspecified atom stereocenters. The number of methoxy groups -OCH3 is 1. The molecule has 0 saturated carbocycles. The molecule has 1 aliphatic heterocycles. The first-order valence-corrected chi connectivity index (χ1v) is 13.0. The smallest absolute Gasteiger partial charge is 0.197 e. The van der Waals surface area contributed by atoms with E-state index in [9.17, 15) is 4.79 Å². The van der Waals surface area contributed by atoms with E-state index in [0.29, 0.717) is 49.6 Å². The average molecular weight is 528 g/mol. The van der Waals surface area contributed by atoms with Gasteiger partial charge in [-0.1, -0.05) is 20.8 Å². The van der Waals surface area contributed by atoms with Crippen molar-refractivity contribution in [1.29, 1.82) is 0 Å². The van der Waals surface area contributed by atoms with Gasteiger partial charge >= 0.3 is 0 Å². The molecule has 1 saturated heterocycles. The number of carbonyl (C=O) groups is 1. The molecule has 1 aromatic heterocycles. The minimum atomic E-state index is -0.592. The lowest BCUT2D eigenvalue weighted by Crippen LogP contribution is -2.37. The van der Waals surface area contributed by atoms with Gasteiger partial charge < -0.3 is 34.1 Å². The van der Waals surface area contributed by atoms with Gasteiger partial charge in [0.2, 0.25) is 0 Å². The standard InChI is InChI=1S/C29H38FN3O5/c1-7-37-23-15-19-16-33(28(31)24(19)25(30)27(23)38-8-2)17-22(34)18-13-20(29(3,4)5)26(35-6)21(14-18)32-9-11-36-12-10-32/h13-16H,7-12,17,31H2,1-6H3. The number of fused-ring (bicyclic) bond motifs is 1. The van der Waals surface area contributed by atoms with Gasteiger partial charge in [0, 0.05) is 35.8 Å². The Kier molecular flexibility index (Phi) is 8.06. The zero-order chi connectivity index (χ0) is 27.6. The van der Waals surface area contributed by atoms with Gasteiger partial charge in [-0.3, -0.25) is 4.79 Å². The van der Waals surface area contributed by atoms with Crippen LogP contribution in [0.2, 0.25) is 0 Å². The summed E-state index contributed by atoms with van der Waals surface area (Å²) in [5.41, 5.74) is 8.46. The number of anilines is 2. The highest BCUT2D eigenvalue weighted by atomic mass is 19.1. The largest absolute Gasteiger partial charge is 0.494 e. The fourth-order valence-corrected chi connectivity index (χ4v) is 4.87. The predicted molar refractivity (Wildman–Crippen MR) is 148 cm³/mol. The van der Waals surface area contributed by atoms with Crippen molar-refractivity contribution < 1.29 is 28.1 Å². The molecular formula is C29H38FN3O5. The Labute approximate surface area is 223 Å². The van der Waals surface area contributed by atoms with Crippen LogP contribution in [0.4, 0.5) is 15.9 Å². The SMILES string of the molecule is CCOc1cc2cn(CC(=O)c3cc(N4CCOCC4)c(OC)c(C(C)(C)C)c3)c(N)c2c(F)c1OCC. The van der Waals surface area contributed by atoms with Crippen LogP contribution in [0.5, 0.6) is 17.2 Å². The van der Waals surface area contributed by atoms with Crippen LogP contribution in [-0.4, -0.2) is 57.0 Å². The van der Waals surface area contributed by atoms with Gasteiger partial charge in [0.15, 0.2) is 23.1 Å². The third-order valence-corrected chi connectivity index (χ3v) is 6.74. The molecule has 0 atom stereocenters. The molecule has 3 aromatic rings. The molecule has 9 heteroatoms. The summed E-state index contributed by atoms with van der Waals surface area (Å²) in [7, 11) is 1.66. The second kappa shape index (κ2) is 11.1. The number of hydrogen-bond acceptors (Lipinski definition) is 7. The Morgan fingerprint density at radius 3 is 2.37 bits per heavy atom. The normalized spacial score (nSPS) is 14.1. The fourth-order valence-electron chi connectivity index (χ4n) is 4.87. The molecule has 1 aliphatic rings. The molecular weight excluding hydrogens is 489 g/mol. The van der Waals surface area contributed by atoms with Crippen molar-refractivity contribution in [3.8, 4) is 17.2 Å². The molecule has 0 aliphatic carbocycles. The van der Waals surface area contributed by atoms with Crippen molar-refractivity contribution in [3.63, 3.8) is 0 Å². The quantitative estimate of drug-likeness (QED) is 0.383. The van der Waals surface area contributed by atoms with E-state index in [-0.39, 0.29) is 41.3 Å². The number of nitrogens with zero attached hydrogens (tertiary/aromatic N) is 2. The first-order chi connectivity index (χ1) is 18.1. The molecule has 0 amide bonds. The second-order valence-corrected chi connectivity index (χ2v) is 10.3. The molecule has 2 N–H and O–H groups in total. The number of rotatable bonds is 9. The van der Waals surface area contributed by atoms with Crippen molar-refractivity contribution in [1.82, 2.24) is 4.57 Å². The molecule has 0 spiro atoms. The highest BCUT2D eigenvalue weighted by molar-refractivity contribution is 6.00. The lowest BCUT2D eigenvalue weighted by molar-refractivity contribution is 0.0973. The summed E-state index contributed by atoms with van der Waals surface area (Å²) >= 11 is 0. The van der Waals surface area contributed by atoms with Gasteiger partial charge in [0.05, 0.1) is 51.2 Å². The van der Waals surface area contributed by atoms with E-state index in [1.54, 1.807) is 30.9 Å².